The van der Waals surface area contributed by atoms with E-state index in [1.54, 1.807) is 23.1 Å². The van der Waals surface area contributed by atoms with E-state index < -0.39 is 0 Å². The van der Waals surface area contributed by atoms with Crippen LogP contribution in [0.3, 0.4) is 0 Å². The number of benzene rings is 1. The fourth-order valence-corrected chi connectivity index (χ4v) is 4.92. The minimum Gasteiger partial charge on any atom is -0.477 e. The zero-order valence-electron chi connectivity index (χ0n) is 18.0. The topological polar surface area (TPSA) is 91.8 Å². The van der Waals surface area contributed by atoms with Crippen LogP contribution in [0.1, 0.15) is 30.9 Å². The van der Waals surface area contributed by atoms with E-state index in [-0.39, 0.29) is 0 Å². The largest absolute Gasteiger partial charge is 0.477 e. The van der Waals surface area contributed by atoms with Gasteiger partial charge < -0.3 is 15.0 Å². The number of nitrogens with zero attached hydrogens (tertiary/aromatic N) is 5. The molecule has 0 unspecified atom stereocenters. The van der Waals surface area contributed by atoms with Gasteiger partial charge in [0.2, 0.25) is 11.8 Å². The van der Waals surface area contributed by atoms with Gasteiger partial charge in [-0.1, -0.05) is 11.8 Å². The van der Waals surface area contributed by atoms with Gasteiger partial charge in [0.25, 0.3) is 0 Å². The van der Waals surface area contributed by atoms with E-state index in [1.165, 1.54) is 12.8 Å². The molecule has 5 rings (SSSR count). The summed E-state index contributed by atoms with van der Waals surface area (Å²) in [5.74, 6) is 2.36. The van der Waals surface area contributed by atoms with E-state index >= 15 is 0 Å². The van der Waals surface area contributed by atoms with Gasteiger partial charge in [-0.25, -0.2) is 9.97 Å². The van der Waals surface area contributed by atoms with Crippen molar-refractivity contribution >= 4 is 45.1 Å². The highest BCUT2D eigenvalue weighted by Gasteiger charge is 2.25. The van der Waals surface area contributed by atoms with Gasteiger partial charge >= 0.3 is 0 Å². The molecule has 10 heteroatoms. The Labute approximate surface area is 194 Å². The van der Waals surface area contributed by atoms with E-state index in [1.807, 2.05) is 23.7 Å². The van der Waals surface area contributed by atoms with Crippen LogP contribution >= 0.6 is 23.1 Å². The van der Waals surface area contributed by atoms with Crippen molar-refractivity contribution in [1.82, 2.24) is 30.0 Å². The number of nitrogens with one attached hydrogen (secondary N) is 2. The molecule has 0 radical (unpaired) electrons. The lowest BCUT2D eigenvalue weighted by atomic mass is 10.3. The summed E-state index contributed by atoms with van der Waals surface area (Å²) in [5, 5.41) is 11.5. The first-order chi connectivity index (χ1) is 15.6. The molecule has 32 heavy (non-hydrogen) atoms. The molecular formula is C22H25N7OS2. The maximum atomic E-state index is 5.96. The quantitative estimate of drug-likeness (QED) is 0.251. The molecule has 4 aromatic rings. The van der Waals surface area contributed by atoms with Crippen molar-refractivity contribution in [1.29, 1.82) is 0 Å². The molecule has 1 aromatic carbocycles. The molecule has 0 saturated heterocycles. The number of ether oxygens (including phenoxy) is 1. The Balaban J connectivity index is 1.35. The molecule has 1 aliphatic carbocycles. The van der Waals surface area contributed by atoms with Crippen LogP contribution in [0, 0.1) is 0 Å². The summed E-state index contributed by atoms with van der Waals surface area (Å²) in [5.41, 5.74) is 4.04. The SMILES string of the molecule is CN(C)CCCOc1cc(Sc2ccc3ncsc3c2)nc(Nc2cc(C3CC3)[nH]n2)n1. The monoisotopic (exact) mass is 467 g/mol. The number of anilines is 2. The number of fused-ring (bicyclic) bond motifs is 1. The maximum Gasteiger partial charge on any atom is 0.232 e. The van der Waals surface area contributed by atoms with Crippen molar-refractivity contribution in [2.24, 2.45) is 0 Å². The molecule has 166 valence electrons. The number of H-pyrrole nitrogens is 1. The number of hydrogen-bond acceptors (Lipinski definition) is 9. The Hall–Kier alpha value is -2.69. The van der Waals surface area contributed by atoms with Gasteiger partial charge in [0.1, 0.15) is 5.03 Å². The van der Waals surface area contributed by atoms with Crippen LogP contribution in [0.25, 0.3) is 10.2 Å². The molecule has 0 atom stereocenters. The lowest BCUT2D eigenvalue weighted by molar-refractivity contribution is 0.272. The van der Waals surface area contributed by atoms with Gasteiger partial charge in [-0.05, 0) is 51.6 Å². The Morgan fingerprint density at radius 1 is 1.22 bits per heavy atom. The molecule has 0 bridgehead atoms. The molecule has 8 nitrogen and oxygen atoms in total. The van der Waals surface area contributed by atoms with Crippen LogP contribution in [-0.4, -0.2) is 57.3 Å². The van der Waals surface area contributed by atoms with Crippen molar-refractivity contribution in [2.45, 2.75) is 35.1 Å². The zero-order chi connectivity index (χ0) is 21.9. The van der Waals surface area contributed by atoms with Gasteiger partial charge in [-0.15, -0.1) is 11.3 Å². The third kappa shape index (κ3) is 5.37. The average Bonchev–Trinajstić information content (AvgIpc) is 3.33. The summed E-state index contributed by atoms with van der Waals surface area (Å²) in [6.07, 6.45) is 3.37. The van der Waals surface area contributed by atoms with Crippen molar-refractivity contribution in [2.75, 3.05) is 32.6 Å². The summed E-state index contributed by atoms with van der Waals surface area (Å²) < 4.78 is 7.12. The smallest absolute Gasteiger partial charge is 0.232 e. The average molecular weight is 468 g/mol. The molecule has 1 saturated carbocycles. The van der Waals surface area contributed by atoms with Crippen LogP contribution in [0.4, 0.5) is 11.8 Å². The van der Waals surface area contributed by atoms with Gasteiger partial charge in [-0.2, -0.15) is 10.1 Å². The fraction of sp³-hybridized carbons (Fsp3) is 0.364. The predicted molar refractivity (Wildman–Crippen MR) is 128 cm³/mol. The summed E-state index contributed by atoms with van der Waals surface area (Å²) >= 11 is 3.22. The van der Waals surface area contributed by atoms with E-state index in [0.717, 1.165) is 44.6 Å². The third-order valence-electron chi connectivity index (χ3n) is 5.06. The highest BCUT2D eigenvalue weighted by molar-refractivity contribution is 7.99. The number of thiazole rings is 1. The minimum atomic E-state index is 0.477. The molecule has 0 amide bonds. The lowest BCUT2D eigenvalue weighted by Gasteiger charge is -2.12. The summed E-state index contributed by atoms with van der Waals surface area (Å²) in [4.78, 5) is 16.9. The van der Waals surface area contributed by atoms with Crippen LogP contribution in [0.2, 0.25) is 0 Å². The standard InChI is InChI=1S/C22H25N7OS2/c1-29(2)8-3-9-30-20-12-21(32-15-6-7-16-18(10-15)31-13-23-16)26-22(25-20)24-19-11-17(27-28-19)14-4-5-14/h6-7,10-14H,3-5,8-9H2,1-2H3,(H2,24,25,26,27,28). The van der Waals surface area contributed by atoms with Crippen LogP contribution in [-0.2, 0) is 0 Å². The van der Waals surface area contributed by atoms with E-state index in [4.69, 9.17) is 9.72 Å². The van der Waals surface area contributed by atoms with E-state index in [9.17, 15) is 0 Å². The number of hydrogen-bond donors (Lipinski definition) is 2. The molecule has 3 heterocycles. The number of rotatable bonds is 10. The first kappa shape index (κ1) is 21.2. The Morgan fingerprint density at radius 2 is 2.12 bits per heavy atom. The minimum absolute atomic E-state index is 0.477. The van der Waals surface area contributed by atoms with Crippen molar-refractivity contribution in [3.8, 4) is 5.88 Å². The number of aromatic amines is 1. The first-order valence-corrected chi connectivity index (χ1v) is 12.3. The molecule has 0 aliphatic heterocycles. The zero-order valence-corrected chi connectivity index (χ0v) is 19.7. The fourth-order valence-electron chi connectivity index (χ4n) is 3.28. The second kappa shape index (κ2) is 9.43. The molecule has 2 N–H and O–H groups in total. The van der Waals surface area contributed by atoms with E-state index in [0.29, 0.717) is 24.4 Å². The van der Waals surface area contributed by atoms with Gasteiger partial charge in [-0.3, -0.25) is 5.10 Å². The third-order valence-corrected chi connectivity index (χ3v) is 6.76. The van der Waals surface area contributed by atoms with Crippen molar-refractivity contribution in [3.63, 3.8) is 0 Å². The van der Waals surface area contributed by atoms with Crippen LogP contribution in [0.15, 0.2) is 45.8 Å². The predicted octanol–water partition coefficient (Wildman–Crippen LogP) is 4.91. The summed E-state index contributed by atoms with van der Waals surface area (Å²) in [6.45, 7) is 1.56. The maximum absolute atomic E-state index is 5.96. The lowest BCUT2D eigenvalue weighted by Crippen LogP contribution is -2.15. The first-order valence-electron chi connectivity index (χ1n) is 10.6. The Bertz CT molecular complexity index is 1200. The molecule has 1 aliphatic rings. The second-order valence-electron chi connectivity index (χ2n) is 8.07. The molecule has 0 spiro atoms. The molecule has 3 aromatic heterocycles. The molecular weight excluding hydrogens is 442 g/mol. The Kier molecular flexibility index (Phi) is 6.24. The normalized spacial score (nSPS) is 13.7. The van der Waals surface area contributed by atoms with Crippen LogP contribution in [0.5, 0.6) is 5.88 Å². The highest BCUT2D eigenvalue weighted by atomic mass is 32.2. The molecule has 1 fully saturated rings. The van der Waals surface area contributed by atoms with E-state index in [2.05, 4.69) is 56.6 Å². The summed E-state index contributed by atoms with van der Waals surface area (Å²) in [6, 6.07) is 10.2. The number of aromatic nitrogens is 5. The Morgan fingerprint density at radius 3 is 2.97 bits per heavy atom. The van der Waals surface area contributed by atoms with Gasteiger partial charge in [0.15, 0.2) is 5.82 Å². The second-order valence-corrected chi connectivity index (χ2v) is 10.0. The summed E-state index contributed by atoms with van der Waals surface area (Å²) in [7, 11) is 4.11. The van der Waals surface area contributed by atoms with Gasteiger partial charge in [0, 0.05) is 35.2 Å². The highest BCUT2D eigenvalue weighted by Crippen LogP contribution is 2.39. The van der Waals surface area contributed by atoms with Crippen molar-refractivity contribution in [3.05, 3.63) is 41.5 Å². The van der Waals surface area contributed by atoms with Crippen molar-refractivity contribution < 1.29 is 4.74 Å². The van der Waals surface area contributed by atoms with Crippen LogP contribution < -0.4 is 10.1 Å². The van der Waals surface area contributed by atoms with Gasteiger partial charge in [0.05, 0.1) is 22.3 Å².